The first-order chi connectivity index (χ1) is 16.3. The Kier molecular flexibility index (Phi) is 5.01. The van der Waals surface area contributed by atoms with E-state index in [1.54, 1.807) is 18.7 Å². The number of rotatable bonds is 6. The van der Waals surface area contributed by atoms with E-state index in [4.69, 9.17) is 4.74 Å². The number of hydrogen-bond donors (Lipinski definition) is 2. The molecule has 1 atom stereocenters. The normalized spacial score (nSPS) is 18.5. The zero-order chi connectivity index (χ0) is 22.2. The molecule has 2 aliphatic rings. The highest BCUT2D eigenvalue weighted by atomic mass is 16.5. The molecule has 2 N–H and O–H groups in total. The minimum atomic E-state index is -0.139. The molecule has 0 bridgehead atoms. The largest absolute Gasteiger partial charge is 0.491 e. The predicted octanol–water partition coefficient (Wildman–Crippen LogP) is 3.23. The van der Waals surface area contributed by atoms with Gasteiger partial charge in [0.2, 0.25) is 0 Å². The van der Waals surface area contributed by atoms with Crippen molar-refractivity contribution in [2.45, 2.75) is 44.2 Å². The van der Waals surface area contributed by atoms with E-state index in [2.05, 4.69) is 35.1 Å². The van der Waals surface area contributed by atoms with Gasteiger partial charge in [-0.15, -0.1) is 0 Å². The van der Waals surface area contributed by atoms with E-state index in [0.717, 1.165) is 60.1 Å². The lowest BCUT2D eigenvalue weighted by molar-refractivity contribution is 0.0911. The van der Waals surface area contributed by atoms with Gasteiger partial charge in [-0.2, -0.15) is 0 Å². The fraction of sp³-hybridized carbons (Fsp3) is 0.375. The van der Waals surface area contributed by atoms with Gasteiger partial charge in [-0.25, -0.2) is 19.9 Å². The van der Waals surface area contributed by atoms with Crippen molar-refractivity contribution in [1.29, 1.82) is 0 Å². The Morgan fingerprint density at radius 2 is 2.06 bits per heavy atom. The number of imidazole rings is 1. The summed E-state index contributed by atoms with van der Waals surface area (Å²) in [6.45, 7) is 1.37. The third-order valence-corrected chi connectivity index (χ3v) is 6.63. The van der Waals surface area contributed by atoms with Gasteiger partial charge in [0.25, 0.3) is 5.91 Å². The van der Waals surface area contributed by atoms with Crippen molar-refractivity contribution in [3.63, 3.8) is 0 Å². The second kappa shape index (κ2) is 8.31. The summed E-state index contributed by atoms with van der Waals surface area (Å²) in [7, 11) is 0. The molecular weight excluding hydrogens is 418 g/mol. The van der Waals surface area contributed by atoms with E-state index in [0.29, 0.717) is 18.1 Å². The molecule has 4 aromatic rings. The van der Waals surface area contributed by atoms with Gasteiger partial charge in [0.15, 0.2) is 11.5 Å². The van der Waals surface area contributed by atoms with Crippen LogP contribution in [0.2, 0.25) is 0 Å². The van der Waals surface area contributed by atoms with Crippen LogP contribution in [-0.2, 0) is 0 Å². The van der Waals surface area contributed by atoms with Crippen LogP contribution in [0.4, 0.5) is 5.82 Å². The Morgan fingerprint density at radius 1 is 1.15 bits per heavy atom. The molecule has 1 amide bonds. The molecule has 1 saturated heterocycles. The number of nitrogens with zero attached hydrogens (tertiary/aromatic N) is 5. The minimum Gasteiger partial charge on any atom is -0.491 e. The van der Waals surface area contributed by atoms with E-state index in [1.807, 2.05) is 24.3 Å². The molecule has 1 unspecified atom stereocenters. The van der Waals surface area contributed by atoms with Crippen molar-refractivity contribution in [3.05, 3.63) is 48.7 Å². The zero-order valence-corrected chi connectivity index (χ0v) is 18.2. The minimum absolute atomic E-state index is 0.139. The van der Waals surface area contributed by atoms with Crippen molar-refractivity contribution in [3.8, 4) is 5.75 Å². The Morgan fingerprint density at radius 3 is 2.94 bits per heavy atom. The topological polar surface area (TPSA) is 109 Å². The number of para-hydroxylation sites is 1. The first-order valence-corrected chi connectivity index (χ1v) is 11.5. The van der Waals surface area contributed by atoms with Crippen LogP contribution in [0.3, 0.4) is 0 Å². The molecule has 0 radical (unpaired) electrons. The van der Waals surface area contributed by atoms with Crippen molar-refractivity contribution in [1.82, 2.24) is 30.2 Å². The highest BCUT2D eigenvalue weighted by molar-refractivity contribution is 5.97. The number of fused-ring (bicyclic) bond motifs is 2. The third-order valence-electron chi connectivity index (χ3n) is 6.63. The Balaban J connectivity index is 1.26. The van der Waals surface area contributed by atoms with Crippen molar-refractivity contribution in [2.24, 2.45) is 0 Å². The number of aromatic nitrogens is 5. The summed E-state index contributed by atoms with van der Waals surface area (Å²) < 4.78 is 6.35. The van der Waals surface area contributed by atoms with Gasteiger partial charge in [-0.3, -0.25) is 4.79 Å². The molecule has 9 heteroatoms. The number of aromatic amines is 1. The van der Waals surface area contributed by atoms with E-state index in [9.17, 15) is 4.79 Å². The SMILES string of the molecule is O=C(NC1CCC1)c1cc(OCC2CCCN2c2ncnc3[nH]cnc23)c2ccccc2n1. The van der Waals surface area contributed by atoms with Crippen LogP contribution >= 0.6 is 0 Å². The fourth-order valence-corrected chi connectivity index (χ4v) is 4.63. The van der Waals surface area contributed by atoms with Gasteiger partial charge in [0, 0.05) is 24.0 Å². The van der Waals surface area contributed by atoms with E-state index >= 15 is 0 Å². The lowest BCUT2D eigenvalue weighted by Gasteiger charge is -2.27. The molecular formula is C24H25N7O2. The zero-order valence-electron chi connectivity index (χ0n) is 18.2. The average molecular weight is 444 g/mol. The summed E-state index contributed by atoms with van der Waals surface area (Å²) >= 11 is 0. The van der Waals surface area contributed by atoms with Crippen LogP contribution in [0.25, 0.3) is 22.1 Å². The van der Waals surface area contributed by atoms with E-state index in [1.165, 1.54) is 6.42 Å². The summed E-state index contributed by atoms with van der Waals surface area (Å²) in [6, 6.07) is 9.96. The molecule has 2 fully saturated rings. The molecule has 1 aromatic carbocycles. The molecule has 6 rings (SSSR count). The number of ether oxygens (including phenoxy) is 1. The van der Waals surface area contributed by atoms with Gasteiger partial charge >= 0.3 is 0 Å². The van der Waals surface area contributed by atoms with Crippen molar-refractivity contribution < 1.29 is 9.53 Å². The highest BCUT2D eigenvalue weighted by Crippen LogP contribution is 2.30. The second-order valence-electron chi connectivity index (χ2n) is 8.72. The highest BCUT2D eigenvalue weighted by Gasteiger charge is 2.29. The van der Waals surface area contributed by atoms with Gasteiger partial charge < -0.3 is 19.9 Å². The van der Waals surface area contributed by atoms with Crippen molar-refractivity contribution in [2.75, 3.05) is 18.1 Å². The number of anilines is 1. The molecule has 4 heterocycles. The molecule has 1 aliphatic heterocycles. The lowest BCUT2D eigenvalue weighted by Crippen LogP contribution is -2.39. The fourth-order valence-electron chi connectivity index (χ4n) is 4.63. The number of carbonyl (C=O) groups is 1. The van der Waals surface area contributed by atoms with E-state index < -0.39 is 0 Å². The van der Waals surface area contributed by atoms with E-state index in [-0.39, 0.29) is 18.0 Å². The van der Waals surface area contributed by atoms with Crippen LogP contribution < -0.4 is 15.0 Å². The van der Waals surface area contributed by atoms with Gasteiger partial charge in [0.1, 0.15) is 29.9 Å². The maximum Gasteiger partial charge on any atom is 0.270 e. The van der Waals surface area contributed by atoms with Crippen LogP contribution in [0, 0.1) is 0 Å². The maximum atomic E-state index is 12.8. The lowest BCUT2D eigenvalue weighted by atomic mass is 9.93. The molecule has 9 nitrogen and oxygen atoms in total. The number of nitrogens with one attached hydrogen (secondary N) is 2. The smallest absolute Gasteiger partial charge is 0.270 e. The monoisotopic (exact) mass is 443 g/mol. The molecule has 3 aromatic heterocycles. The number of pyridine rings is 1. The number of benzene rings is 1. The number of carbonyl (C=O) groups excluding carboxylic acids is 1. The quantitative estimate of drug-likeness (QED) is 0.471. The van der Waals surface area contributed by atoms with Crippen LogP contribution in [0.15, 0.2) is 43.0 Å². The van der Waals surface area contributed by atoms with Gasteiger partial charge in [-0.1, -0.05) is 12.1 Å². The van der Waals surface area contributed by atoms with Gasteiger partial charge in [0.05, 0.1) is 17.9 Å². The Labute approximate surface area is 190 Å². The number of hydrogen-bond acceptors (Lipinski definition) is 7. The van der Waals surface area contributed by atoms with Crippen LogP contribution in [0.5, 0.6) is 5.75 Å². The number of amides is 1. The van der Waals surface area contributed by atoms with Gasteiger partial charge in [-0.05, 0) is 44.2 Å². The first kappa shape index (κ1) is 19.9. The summed E-state index contributed by atoms with van der Waals surface area (Å²) in [5.41, 5.74) is 2.65. The van der Waals surface area contributed by atoms with Crippen molar-refractivity contribution >= 4 is 33.8 Å². The summed E-state index contributed by atoms with van der Waals surface area (Å²) in [4.78, 5) is 35.8. The third kappa shape index (κ3) is 3.73. The molecule has 0 spiro atoms. The Hall–Kier alpha value is -3.75. The standard InChI is InChI=1S/C24H25N7O2/c32-24(29-15-5-3-6-15)19-11-20(17-8-1-2-9-18(17)30-19)33-12-16-7-4-10-31(16)23-21-22(26-13-25-21)27-14-28-23/h1-2,8-9,11,13-16H,3-7,10,12H2,(H,29,32)(H,25,26,27,28). The molecule has 1 aliphatic carbocycles. The van der Waals surface area contributed by atoms with Crippen LogP contribution in [-0.4, -0.2) is 56.1 Å². The molecule has 168 valence electrons. The Bertz CT molecular complexity index is 1320. The molecule has 33 heavy (non-hydrogen) atoms. The number of H-pyrrole nitrogens is 1. The maximum absolute atomic E-state index is 12.8. The summed E-state index contributed by atoms with van der Waals surface area (Å²) in [6.07, 6.45) is 8.49. The summed E-state index contributed by atoms with van der Waals surface area (Å²) in [5.74, 6) is 1.37. The first-order valence-electron chi connectivity index (χ1n) is 11.5. The summed E-state index contributed by atoms with van der Waals surface area (Å²) in [5, 5.41) is 3.98. The second-order valence-corrected chi connectivity index (χ2v) is 8.72. The van der Waals surface area contributed by atoms with Crippen LogP contribution in [0.1, 0.15) is 42.6 Å². The predicted molar refractivity (Wildman–Crippen MR) is 124 cm³/mol. The average Bonchev–Trinajstić information content (AvgIpc) is 3.48. The molecule has 1 saturated carbocycles.